The number of nitrogens with one attached hydrogen (secondary N) is 2. The predicted octanol–water partition coefficient (Wildman–Crippen LogP) is 5.35. The molecule has 1 aliphatic carbocycles. The first-order valence-corrected chi connectivity index (χ1v) is 12.6. The quantitative estimate of drug-likeness (QED) is 0.428. The van der Waals surface area contributed by atoms with Gasteiger partial charge in [-0.05, 0) is 51.4 Å². The van der Waals surface area contributed by atoms with Crippen LogP contribution in [0.3, 0.4) is 0 Å². The molecule has 0 spiro atoms. The van der Waals surface area contributed by atoms with E-state index in [2.05, 4.69) is 20.6 Å². The van der Waals surface area contributed by atoms with Crippen LogP contribution in [0.5, 0.6) is 0 Å². The van der Waals surface area contributed by atoms with Crippen molar-refractivity contribution in [1.82, 2.24) is 19.5 Å². The summed E-state index contributed by atoms with van der Waals surface area (Å²) >= 11 is 0. The molecule has 5 rings (SSSR count). The fourth-order valence-corrected chi connectivity index (χ4v) is 5.05. The lowest BCUT2D eigenvalue weighted by molar-refractivity contribution is 0.0710. The summed E-state index contributed by atoms with van der Waals surface area (Å²) in [6, 6.07) is 1.50. The lowest BCUT2D eigenvalue weighted by Gasteiger charge is -2.29. The zero-order chi connectivity index (χ0) is 25.1. The first-order chi connectivity index (χ1) is 17.5. The smallest absolute Gasteiger partial charge is 0.224 e. The normalized spacial score (nSPS) is 21.1. The second-order valence-electron chi connectivity index (χ2n) is 9.44. The topological polar surface area (TPSA) is 86.1 Å². The third-order valence-electron chi connectivity index (χ3n) is 6.97. The molecule has 1 aromatic carbocycles. The molecule has 11 heteroatoms. The van der Waals surface area contributed by atoms with Gasteiger partial charge in [0.15, 0.2) is 17.3 Å². The minimum absolute atomic E-state index is 0.0328. The van der Waals surface area contributed by atoms with Crippen molar-refractivity contribution >= 4 is 28.7 Å². The highest BCUT2D eigenvalue weighted by Crippen LogP contribution is 2.33. The maximum atomic E-state index is 14.4. The monoisotopic (exact) mass is 504 g/mol. The van der Waals surface area contributed by atoms with Gasteiger partial charge in [-0.1, -0.05) is 0 Å². The van der Waals surface area contributed by atoms with Gasteiger partial charge in [0, 0.05) is 50.6 Å². The number of imidazole rings is 1. The van der Waals surface area contributed by atoms with Crippen molar-refractivity contribution in [1.29, 1.82) is 0 Å². The molecule has 1 saturated heterocycles. The van der Waals surface area contributed by atoms with Gasteiger partial charge in [-0.3, -0.25) is 4.57 Å². The van der Waals surface area contributed by atoms with E-state index >= 15 is 0 Å². The molecule has 8 nitrogen and oxygen atoms in total. The Morgan fingerprint density at radius 3 is 2.44 bits per heavy atom. The second kappa shape index (κ2) is 11.0. The molecule has 0 unspecified atom stereocenters. The summed E-state index contributed by atoms with van der Waals surface area (Å²) in [4.78, 5) is 13.7. The standard InChI is InChI=1S/C25H31F3N6O2/c1-2-35-14-15-3-5-17(6-4-15)30-24-29-13-21-23(33-24)34(18-7-9-36-10-8-18)25(31-21)32-22-19(27)11-16(26)12-20(22)28/h11-13,15,17-18H,2-10,14H2,1H3,(H,31,32)(H,29,30,33)/t15-,17-. The Hall–Kier alpha value is -2.92. The Bertz CT molecular complexity index is 1170. The summed E-state index contributed by atoms with van der Waals surface area (Å²) in [6.07, 6.45) is 7.20. The van der Waals surface area contributed by atoms with Crippen molar-refractivity contribution < 1.29 is 22.6 Å². The maximum Gasteiger partial charge on any atom is 0.224 e. The van der Waals surface area contributed by atoms with Crippen LogP contribution in [0.2, 0.25) is 0 Å². The van der Waals surface area contributed by atoms with Crippen LogP contribution in [-0.2, 0) is 9.47 Å². The van der Waals surface area contributed by atoms with Gasteiger partial charge in [0.1, 0.15) is 17.0 Å². The Morgan fingerprint density at radius 1 is 1.03 bits per heavy atom. The number of aromatic nitrogens is 4. The molecule has 0 bridgehead atoms. The zero-order valence-electron chi connectivity index (χ0n) is 20.3. The van der Waals surface area contributed by atoms with Crippen molar-refractivity contribution in [2.24, 2.45) is 5.92 Å². The summed E-state index contributed by atoms with van der Waals surface area (Å²) in [7, 11) is 0. The van der Waals surface area contributed by atoms with Gasteiger partial charge in [-0.25, -0.2) is 23.1 Å². The van der Waals surface area contributed by atoms with Crippen LogP contribution < -0.4 is 10.6 Å². The fourth-order valence-electron chi connectivity index (χ4n) is 5.05. The number of fused-ring (bicyclic) bond motifs is 1. The molecule has 3 aromatic rings. The van der Waals surface area contributed by atoms with Crippen LogP contribution in [-0.4, -0.2) is 52.0 Å². The number of nitrogens with zero attached hydrogens (tertiary/aromatic N) is 4. The fraction of sp³-hybridized carbons (Fsp3) is 0.560. The first kappa shape index (κ1) is 24.8. The van der Waals surface area contributed by atoms with Crippen molar-refractivity contribution in [3.8, 4) is 0 Å². The summed E-state index contributed by atoms with van der Waals surface area (Å²) in [6.45, 7) is 4.68. The van der Waals surface area contributed by atoms with E-state index in [-0.39, 0.29) is 18.0 Å². The average Bonchev–Trinajstić information content (AvgIpc) is 3.23. The van der Waals surface area contributed by atoms with Crippen LogP contribution in [0.4, 0.5) is 30.8 Å². The van der Waals surface area contributed by atoms with Gasteiger partial charge in [0.05, 0.1) is 6.20 Å². The average molecular weight is 505 g/mol. The minimum Gasteiger partial charge on any atom is -0.381 e. The van der Waals surface area contributed by atoms with Gasteiger partial charge in [-0.2, -0.15) is 4.98 Å². The molecular weight excluding hydrogens is 473 g/mol. The van der Waals surface area contributed by atoms with Gasteiger partial charge in [-0.15, -0.1) is 0 Å². The summed E-state index contributed by atoms with van der Waals surface area (Å²) in [5.74, 6) is -1.75. The van der Waals surface area contributed by atoms with E-state index < -0.39 is 23.1 Å². The summed E-state index contributed by atoms with van der Waals surface area (Å²) in [5, 5.41) is 6.19. The van der Waals surface area contributed by atoms with E-state index in [9.17, 15) is 13.2 Å². The number of anilines is 3. The number of hydrogen-bond acceptors (Lipinski definition) is 7. The number of ether oxygens (including phenoxy) is 2. The number of halogens is 3. The summed E-state index contributed by atoms with van der Waals surface area (Å²) in [5.41, 5.74) is 0.600. The Morgan fingerprint density at radius 2 is 1.75 bits per heavy atom. The third-order valence-corrected chi connectivity index (χ3v) is 6.97. The van der Waals surface area contributed by atoms with E-state index in [0.29, 0.717) is 61.2 Å². The van der Waals surface area contributed by atoms with Crippen LogP contribution in [0, 0.1) is 23.4 Å². The summed E-state index contributed by atoms with van der Waals surface area (Å²) < 4.78 is 55.2. The molecule has 1 saturated carbocycles. The van der Waals surface area contributed by atoms with Crippen molar-refractivity contribution in [3.05, 3.63) is 35.8 Å². The van der Waals surface area contributed by atoms with Crippen molar-refractivity contribution in [3.63, 3.8) is 0 Å². The van der Waals surface area contributed by atoms with Crippen molar-refractivity contribution in [2.75, 3.05) is 37.1 Å². The molecule has 36 heavy (non-hydrogen) atoms. The number of rotatable bonds is 8. The zero-order valence-corrected chi connectivity index (χ0v) is 20.3. The highest BCUT2D eigenvalue weighted by atomic mass is 19.1. The van der Waals surface area contributed by atoms with Gasteiger partial charge in [0.2, 0.25) is 11.9 Å². The van der Waals surface area contributed by atoms with Gasteiger partial charge >= 0.3 is 0 Å². The molecule has 0 atom stereocenters. The van der Waals surface area contributed by atoms with E-state index in [0.717, 1.165) is 38.9 Å². The van der Waals surface area contributed by atoms with Crippen LogP contribution >= 0.6 is 0 Å². The molecule has 0 radical (unpaired) electrons. The number of benzene rings is 1. The lowest BCUT2D eigenvalue weighted by Crippen LogP contribution is -2.28. The molecule has 2 N–H and O–H groups in total. The van der Waals surface area contributed by atoms with Gasteiger partial charge in [0.25, 0.3) is 0 Å². The Kier molecular flexibility index (Phi) is 7.56. The SMILES string of the molecule is CCOC[C@H]1CC[C@H](Nc2ncc3nc(Nc4c(F)cc(F)cc4F)n(C4CCOCC4)c3n2)CC1. The molecule has 3 heterocycles. The highest BCUT2D eigenvalue weighted by molar-refractivity contribution is 5.76. The van der Waals surface area contributed by atoms with Gasteiger partial charge < -0.3 is 20.1 Å². The molecular formula is C25H31F3N6O2. The number of hydrogen-bond donors (Lipinski definition) is 2. The molecule has 1 aliphatic heterocycles. The molecule has 2 fully saturated rings. The highest BCUT2D eigenvalue weighted by Gasteiger charge is 2.26. The first-order valence-electron chi connectivity index (χ1n) is 12.6. The second-order valence-corrected chi connectivity index (χ2v) is 9.44. The Labute approximate surface area is 207 Å². The largest absolute Gasteiger partial charge is 0.381 e. The van der Waals surface area contributed by atoms with Crippen LogP contribution in [0.1, 0.15) is 51.5 Å². The Balaban J connectivity index is 1.42. The van der Waals surface area contributed by atoms with Crippen LogP contribution in [0.25, 0.3) is 11.2 Å². The van der Waals surface area contributed by atoms with Crippen LogP contribution in [0.15, 0.2) is 18.3 Å². The predicted molar refractivity (Wildman–Crippen MR) is 130 cm³/mol. The minimum atomic E-state index is -1.04. The van der Waals surface area contributed by atoms with E-state index in [1.54, 1.807) is 6.20 Å². The van der Waals surface area contributed by atoms with E-state index in [1.807, 2.05) is 11.5 Å². The van der Waals surface area contributed by atoms with Crippen molar-refractivity contribution in [2.45, 2.75) is 57.5 Å². The van der Waals surface area contributed by atoms with E-state index in [4.69, 9.17) is 14.5 Å². The maximum absolute atomic E-state index is 14.4. The molecule has 2 aromatic heterocycles. The molecule has 194 valence electrons. The lowest BCUT2D eigenvalue weighted by atomic mass is 9.86. The molecule has 2 aliphatic rings. The molecule has 0 amide bonds. The van der Waals surface area contributed by atoms with E-state index in [1.165, 1.54) is 0 Å². The third kappa shape index (κ3) is 5.41.